The highest BCUT2D eigenvalue weighted by molar-refractivity contribution is 7.89. The second-order valence-corrected chi connectivity index (χ2v) is 7.69. The van der Waals surface area contributed by atoms with E-state index in [-0.39, 0.29) is 10.9 Å². The monoisotopic (exact) mass is 324 g/mol. The van der Waals surface area contributed by atoms with E-state index in [1.807, 2.05) is 6.92 Å². The maximum atomic E-state index is 12.4. The number of nitrogens with one attached hydrogen (secondary N) is 1. The molecule has 0 bridgehead atoms. The van der Waals surface area contributed by atoms with Gasteiger partial charge in [-0.3, -0.25) is 0 Å². The fourth-order valence-electron chi connectivity index (χ4n) is 2.59. The van der Waals surface area contributed by atoms with Crippen molar-refractivity contribution in [2.24, 2.45) is 5.92 Å². The number of sulfonamides is 1. The van der Waals surface area contributed by atoms with Gasteiger partial charge in [0.05, 0.1) is 10.4 Å². The van der Waals surface area contributed by atoms with Crippen LogP contribution < -0.4 is 4.72 Å². The summed E-state index contributed by atoms with van der Waals surface area (Å²) < 4.78 is 27.7. The quantitative estimate of drug-likeness (QED) is 0.877. The van der Waals surface area contributed by atoms with Crippen molar-refractivity contribution in [3.05, 3.63) is 35.5 Å². The van der Waals surface area contributed by atoms with E-state index < -0.39 is 10.0 Å². The van der Waals surface area contributed by atoms with Crippen LogP contribution in [0.4, 0.5) is 0 Å². The summed E-state index contributed by atoms with van der Waals surface area (Å²) in [4.78, 5) is 4.43. The summed E-state index contributed by atoms with van der Waals surface area (Å²) in [6, 6.07) is 8.30. The van der Waals surface area contributed by atoms with Gasteiger partial charge >= 0.3 is 0 Å². The number of pyridine rings is 1. The SMILES string of the molecule is CC(NS(=O)(=O)c1ccc2nc(Cl)ccc2c1)C1CCC1. The predicted molar refractivity (Wildman–Crippen MR) is 83.9 cm³/mol. The summed E-state index contributed by atoms with van der Waals surface area (Å²) in [5, 5.41) is 1.16. The van der Waals surface area contributed by atoms with Gasteiger partial charge in [-0.1, -0.05) is 18.0 Å². The Kier molecular flexibility index (Phi) is 3.90. The Labute approximate surface area is 129 Å². The molecular weight excluding hydrogens is 308 g/mol. The number of fused-ring (bicyclic) bond motifs is 1. The van der Waals surface area contributed by atoms with Gasteiger partial charge < -0.3 is 0 Å². The van der Waals surface area contributed by atoms with Crippen molar-refractivity contribution in [2.45, 2.75) is 37.1 Å². The molecule has 1 aromatic heterocycles. The molecule has 0 spiro atoms. The van der Waals surface area contributed by atoms with Gasteiger partial charge in [0.25, 0.3) is 0 Å². The molecule has 0 saturated heterocycles. The van der Waals surface area contributed by atoms with Gasteiger partial charge in [0.15, 0.2) is 0 Å². The van der Waals surface area contributed by atoms with Crippen LogP contribution in [0, 0.1) is 5.92 Å². The van der Waals surface area contributed by atoms with Gasteiger partial charge in [0, 0.05) is 11.4 Å². The molecule has 0 radical (unpaired) electrons. The molecule has 1 atom stereocenters. The fourth-order valence-corrected chi connectivity index (χ4v) is 4.10. The summed E-state index contributed by atoms with van der Waals surface area (Å²) >= 11 is 5.83. The second kappa shape index (κ2) is 5.55. The predicted octanol–water partition coefficient (Wildman–Crippen LogP) is 3.36. The lowest BCUT2D eigenvalue weighted by molar-refractivity contribution is 0.260. The lowest BCUT2D eigenvalue weighted by Crippen LogP contribution is -2.40. The lowest BCUT2D eigenvalue weighted by atomic mass is 9.81. The molecule has 0 aliphatic heterocycles. The minimum absolute atomic E-state index is 0.0252. The maximum Gasteiger partial charge on any atom is 0.240 e. The largest absolute Gasteiger partial charge is 0.240 e. The smallest absolute Gasteiger partial charge is 0.236 e. The molecule has 21 heavy (non-hydrogen) atoms. The van der Waals surface area contributed by atoms with Crippen molar-refractivity contribution in [1.29, 1.82) is 0 Å². The summed E-state index contributed by atoms with van der Waals surface area (Å²) in [7, 11) is -3.49. The average molecular weight is 325 g/mol. The summed E-state index contributed by atoms with van der Waals surface area (Å²) in [6.45, 7) is 1.93. The van der Waals surface area contributed by atoms with Crippen molar-refractivity contribution in [2.75, 3.05) is 0 Å². The van der Waals surface area contributed by atoms with E-state index in [9.17, 15) is 8.42 Å². The first-order chi connectivity index (χ1) is 9.95. The third kappa shape index (κ3) is 3.05. The van der Waals surface area contributed by atoms with E-state index in [0.717, 1.165) is 18.2 Å². The molecule has 1 unspecified atom stereocenters. The molecule has 3 rings (SSSR count). The molecule has 1 aromatic carbocycles. The molecule has 1 aliphatic rings. The molecule has 1 N–H and O–H groups in total. The van der Waals surface area contributed by atoms with Crippen LogP contribution in [-0.2, 0) is 10.0 Å². The first-order valence-electron chi connectivity index (χ1n) is 7.04. The van der Waals surface area contributed by atoms with Gasteiger partial charge in [-0.2, -0.15) is 0 Å². The lowest BCUT2D eigenvalue weighted by Gasteiger charge is -2.31. The Bertz CT molecular complexity index is 772. The molecule has 1 aliphatic carbocycles. The summed E-state index contributed by atoms with van der Waals surface area (Å²) in [5.74, 6) is 0.459. The molecular formula is C15H17ClN2O2S. The van der Waals surface area contributed by atoms with Gasteiger partial charge in [-0.05, 0) is 56.0 Å². The second-order valence-electron chi connectivity index (χ2n) is 5.59. The van der Waals surface area contributed by atoms with Crippen molar-refractivity contribution in [1.82, 2.24) is 9.71 Å². The molecule has 0 amide bonds. The minimum Gasteiger partial charge on any atom is -0.236 e. The maximum absolute atomic E-state index is 12.4. The van der Waals surface area contributed by atoms with Gasteiger partial charge in [0.1, 0.15) is 5.15 Å². The molecule has 4 nitrogen and oxygen atoms in total. The van der Waals surface area contributed by atoms with E-state index in [0.29, 0.717) is 16.6 Å². The normalized spacial score (nSPS) is 17.6. The zero-order chi connectivity index (χ0) is 15.0. The third-order valence-corrected chi connectivity index (χ3v) is 5.90. The highest BCUT2D eigenvalue weighted by Crippen LogP contribution is 2.30. The number of halogens is 1. The Balaban J connectivity index is 1.89. The molecule has 1 fully saturated rings. The summed E-state index contributed by atoms with van der Waals surface area (Å²) in [5.41, 5.74) is 0.688. The van der Waals surface area contributed by atoms with Crippen LogP contribution in [-0.4, -0.2) is 19.4 Å². The standard InChI is InChI=1S/C15H17ClN2O2S/c1-10(11-3-2-4-11)18-21(19,20)13-6-7-14-12(9-13)5-8-15(16)17-14/h5-11,18H,2-4H2,1H3. The van der Waals surface area contributed by atoms with Crippen LogP contribution in [0.5, 0.6) is 0 Å². The minimum atomic E-state index is -3.49. The van der Waals surface area contributed by atoms with Crippen molar-refractivity contribution < 1.29 is 8.42 Å². The molecule has 1 saturated carbocycles. The van der Waals surface area contributed by atoms with Crippen LogP contribution in [0.2, 0.25) is 5.15 Å². The van der Waals surface area contributed by atoms with Crippen LogP contribution in [0.25, 0.3) is 10.9 Å². The van der Waals surface area contributed by atoms with Crippen LogP contribution in [0.15, 0.2) is 35.2 Å². The number of aromatic nitrogens is 1. The van der Waals surface area contributed by atoms with E-state index in [1.54, 1.807) is 30.3 Å². The molecule has 6 heteroatoms. The number of benzene rings is 1. The van der Waals surface area contributed by atoms with E-state index in [1.165, 1.54) is 6.42 Å². The number of hydrogen-bond acceptors (Lipinski definition) is 3. The third-order valence-electron chi connectivity index (χ3n) is 4.13. The molecule has 1 heterocycles. The van der Waals surface area contributed by atoms with Crippen molar-refractivity contribution in [3.8, 4) is 0 Å². The number of hydrogen-bond donors (Lipinski definition) is 1. The zero-order valence-electron chi connectivity index (χ0n) is 11.7. The highest BCUT2D eigenvalue weighted by atomic mass is 35.5. The summed E-state index contributed by atoms with van der Waals surface area (Å²) in [6.07, 6.45) is 3.40. The fraction of sp³-hybridized carbons (Fsp3) is 0.400. The number of nitrogens with zero attached hydrogens (tertiary/aromatic N) is 1. The molecule has 112 valence electrons. The number of rotatable bonds is 4. The van der Waals surface area contributed by atoms with E-state index in [2.05, 4.69) is 9.71 Å². The van der Waals surface area contributed by atoms with Crippen LogP contribution in [0.1, 0.15) is 26.2 Å². The zero-order valence-corrected chi connectivity index (χ0v) is 13.3. The highest BCUT2D eigenvalue weighted by Gasteiger charge is 2.27. The average Bonchev–Trinajstić information content (AvgIpc) is 2.35. The van der Waals surface area contributed by atoms with E-state index >= 15 is 0 Å². The van der Waals surface area contributed by atoms with Gasteiger partial charge in [-0.25, -0.2) is 18.1 Å². The van der Waals surface area contributed by atoms with Crippen molar-refractivity contribution in [3.63, 3.8) is 0 Å². The van der Waals surface area contributed by atoms with Gasteiger partial charge in [-0.15, -0.1) is 0 Å². The first-order valence-corrected chi connectivity index (χ1v) is 8.90. The van der Waals surface area contributed by atoms with Crippen molar-refractivity contribution >= 4 is 32.5 Å². The van der Waals surface area contributed by atoms with Gasteiger partial charge in [0.2, 0.25) is 10.0 Å². The Hall–Kier alpha value is -1.17. The van der Waals surface area contributed by atoms with E-state index in [4.69, 9.17) is 11.6 Å². The first kappa shape index (κ1) is 14.8. The Morgan fingerprint density at radius 1 is 1.29 bits per heavy atom. The Morgan fingerprint density at radius 3 is 2.71 bits per heavy atom. The topological polar surface area (TPSA) is 59.1 Å². The Morgan fingerprint density at radius 2 is 2.05 bits per heavy atom. The van der Waals surface area contributed by atoms with Crippen LogP contribution in [0.3, 0.4) is 0 Å². The molecule has 2 aromatic rings. The van der Waals surface area contributed by atoms with Crippen LogP contribution >= 0.6 is 11.6 Å².